The highest BCUT2D eigenvalue weighted by atomic mass is 16.5. The maximum Gasteiger partial charge on any atom is 0.277 e. The minimum absolute atomic E-state index is 0.0776. The third kappa shape index (κ3) is 4.25. The van der Waals surface area contributed by atoms with Crippen molar-refractivity contribution in [2.45, 2.75) is 32.6 Å². The predicted octanol–water partition coefficient (Wildman–Crippen LogP) is 3.49. The largest absolute Gasteiger partial charge is 0.484 e. The lowest BCUT2D eigenvalue weighted by molar-refractivity contribution is -0.123. The van der Waals surface area contributed by atoms with E-state index >= 15 is 0 Å². The first kappa shape index (κ1) is 16.3. The first-order chi connectivity index (χ1) is 11.7. The molecule has 0 aliphatic heterocycles. The third-order valence-electron chi connectivity index (χ3n) is 4.21. The molecule has 1 fully saturated rings. The van der Waals surface area contributed by atoms with Crippen molar-refractivity contribution < 1.29 is 13.9 Å². The van der Waals surface area contributed by atoms with E-state index < -0.39 is 0 Å². The molecule has 5 heteroatoms. The predicted molar refractivity (Wildman–Crippen MR) is 92.3 cm³/mol. The SMILES string of the molecule is CCc1ccc(OCC(=O)N/N=C\c2ccc([C@@H]3C[C@H]3C)o2)cc1. The number of hydrazone groups is 1. The molecule has 24 heavy (non-hydrogen) atoms. The summed E-state index contributed by atoms with van der Waals surface area (Å²) in [5.74, 6) is 3.22. The van der Waals surface area contributed by atoms with Crippen LogP contribution in [0.15, 0.2) is 45.9 Å². The van der Waals surface area contributed by atoms with Crippen molar-refractivity contribution in [2.75, 3.05) is 6.61 Å². The molecule has 1 aromatic heterocycles. The molecule has 1 saturated carbocycles. The molecule has 1 aromatic carbocycles. The molecule has 1 aliphatic carbocycles. The quantitative estimate of drug-likeness (QED) is 0.626. The maximum atomic E-state index is 11.7. The number of furan rings is 1. The smallest absolute Gasteiger partial charge is 0.277 e. The zero-order valence-electron chi connectivity index (χ0n) is 14.0. The zero-order chi connectivity index (χ0) is 16.9. The first-order valence-electron chi connectivity index (χ1n) is 8.29. The van der Waals surface area contributed by atoms with E-state index in [1.54, 1.807) is 0 Å². The van der Waals surface area contributed by atoms with Crippen LogP contribution in [0.1, 0.15) is 43.3 Å². The second-order valence-electron chi connectivity index (χ2n) is 6.14. The Labute approximate surface area is 141 Å². The van der Waals surface area contributed by atoms with E-state index in [9.17, 15) is 4.79 Å². The minimum atomic E-state index is -0.312. The summed E-state index contributed by atoms with van der Waals surface area (Å²) in [6.45, 7) is 4.22. The van der Waals surface area contributed by atoms with Gasteiger partial charge in [0.1, 0.15) is 17.3 Å². The highest BCUT2D eigenvalue weighted by molar-refractivity contribution is 5.81. The monoisotopic (exact) mass is 326 g/mol. The van der Waals surface area contributed by atoms with Gasteiger partial charge in [-0.25, -0.2) is 5.43 Å². The molecule has 1 N–H and O–H groups in total. The van der Waals surface area contributed by atoms with Gasteiger partial charge < -0.3 is 9.15 Å². The number of aryl methyl sites for hydroxylation is 1. The fraction of sp³-hybridized carbons (Fsp3) is 0.368. The number of nitrogens with zero attached hydrogens (tertiary/aromatic N) is 1. The molecule has 2 atom stereocenters. The van der Waals surface area contributed by atoms with Crippen molar-refractivity contribution in [3.05, 3.63) is 53.5 Å². The molecule has 2 aromatic rings. The maximum absolute atomic E-state index is 11.7. The molecule has 0 unspecified atom stereocenters. The Kier molecular flexibility index (Phi) is 4.99. The van der Waals surface area contributed by atoms with Crippen molar-refractivity contribution in [2.24, 2.45) is 11.0 Å². The summed E-state index contributed by atoms with van der Waals surface area (Å²) in [5, 5.41) is 3.90. The highest BCUT2D eigenvalue weighted by Crippen LogP contribution is 2.47. The lowest BCUT2D eigenvalue weighted by Gasteiger charge is -2.05. The molecule has 0 saturated heterocycles. The molecule has 1 heterocycles. The number of hydrogen-bond donors (Lipinski definition) is 1. The second-order valence-corrected chi connectivity index (χ2v) is 6.14. The molecule has 1 aliphatic rings. The summed E-state index contributed by atoms with van der Waals surface area (Å²) in [6, 6.07) is 11.5. The van der Waals surface area contributed by atoms with Crippen LogP contribution in [0.2, 0.25) is 0 Å². The first-order valence-corrected chi connectivity index (χ1v) is 8.29. The van der Waals surface area contributed by atoms with Crippen LogP contribution >= 0.6 is 0 Å². The molecular weight excluding hydrogens is 304 g/mol. The van der Waals surface area contributed by atoms with Crippen LogP contribution in [-0.4, -0.2) is 18.7 Å². The van der Waals surface area contributed by atoms with Gasteiger partial charge in [0.15, 0.2) is 6.61 Å². The molecule has 0 radical (unpaired) electrons. The number of rotatable bonds is 7. The molecular formula is C19H22N2O3. The molecule has 126 valence electrons. The van der Waals surface area contributed by atoms with Crippen LogP contribution in [0.3, 0.4) is 0 Å². The lowest BCUT2D eigenvalue weighted by atomic mass is 10.2. The van der Waals surface area contributed by atoms with Crippen LogP contribution in [0.4, 0.5) is 0 Å². The minimum Gasteiger partial charge on any atom is -0.484 e. The van der Waals surface area contributed by atoms with Gasteiger partial charge in [0.25, 0.3) is 5.91 Å². The van der Waals surface area contributed by atoms with E-state index in [0.29, 0.717) is 23.3 Å². The summed E-state index contributed by atoms with van der Waals surface area (Å²) < 4.78 is 11.1. The average molecular weight is 326 g/mol. The van der Waals surface area contributed by atoms with Crippen LogP contribution < -0.4 is 10.2 Å². The van der Waals surface area contributed by atoms with Gasteiger partial charge in [-0.15, -0.1) is 0 Å². The number of nitrogens with one attached hydrogen (secondary N) is 1. The van der Waals surface area contributed by atoms with Crippen molar-refractivity contribution in [1.29, 1.82) is 0 Å². The van der Waals surface area contributed by atoms with Crippen LogP contribution in [0.5, 0.6) is 5.75 Å². The topological polar surface area (TPSA) is 63.8 Å². The van der Waals surface area contributed by atoms with Crippen molar-refractivity contribution in [3.63, 3.8) is 0 Å². The van der Waals surface area contributed by atoms with Gasteiger partial charge in [-0.2, -0.15) is 5.10 Å². The summed E-state index contributed by atoms with van der Waals surface area (Å²) in [4.78, 5) is 11.7. The fourth-order valence-electron chi connectivity index (χ4n) is 2.53. The number of carbonyl (C=O) groups excluding carboxylic acids is 1. The van der Waals surface area contributed by atoms with Crippen LogP contribution in [0, 0.1) is 5.92 Å². The number of hydrogen-bond acceptors (Lipinski definition) is 4. The van der Waals surface area contributed by atoms with E-state index in [-0.39, 0.29) is 12.5 Å². The van der Waals surface area contributed by atoms with Gasteiger partial charge in [-0.05, 0) is 48.6 Å². The normalized spacial score (nSPS) is 19.4. The van der Waals surface area contributed by atoms with E-state index in [1.807, 2.05) is 36.4 Å². The molecule has 5 nitrogen and oxygen atoms in total. The summed E-state index contributed by atoms with van der Waals surface area (Å²) in [6.07, 6.45) is 3.66. The summed E-state index contributed by atoms with van der Waals surface area (Å²) >= 11 is 0. The highest BCUT2D eigenvalue weighted by Gasteiger charge is 2.36. The van der Waals surface area contributed by atoms with Gasteiger partial charge in [0.05, 0.1) is 6.21 Å². The number of ether oxygens (including phenoxy) is 1. The fourth-order valence-corrected chi connectivity index (χ4v) is 2.53. The summed E-state index contributed by atoms with van der Waals surface area (Å²) in [5.41, 5.74) is 3.66. The van der Waals surface area contributed by atoms with Gasteiger partial charge in [0.2, 0.25) is 0 Å². The Morgan fingerprint density at radius 3 is 2.75 bits per heavy atom. The molecule has 0 spiro atoms. The van der Waals surface area contributed by atoms with E-state index in [0.717, 1.165) is 12.2 Å². The van der Waals surface area contributed by atoms with Gasteiger partial charge in [-0.3, -0.25) is 4.79 Å². The number of benzene rings is 1. The summed E-state index contributed by atoms with van der Waals surface area (Å²) in [7, 11) is 0. The van der Waals surface area contributed by atoms with Gasteiger partial charge in [0, 0.05) is 5.92 Å². The van der Waals surface area contributed by atoms with E-state index in [2.05, 4.69) is 24.4 Å². The Morgan fingerprint density at radius 2 is 2.08 bits per heavy atom. The van der Waals surface area contributed by atoms with Crippen molar-refractivity contribution in [3.8, 4) is 5.75 Å². The Hall–Kier alpha value is -2.56. The molecule has 1 amide bonds. The van der Waals surface area contributed by atoms with E-state index in [4.69, 9.17) is 9.15 Å². The number of carbonyl (C=O) groups is 1. The number of amides is 1. The van der Waals surface area contributed by atoms with Crippen LogP contribution in [0.25, 0.3) is 0 Å². The van der Waals surface area contributed by atoms with Crippen molar-refractivity contribution >= 4 is 12.1 Å². The lowest BCUT2D eigenvalue weighted by Crippen LogP contribution is -2.24. The molecule has 0 bridgehead atoms. The van der Waals surface area contributed by atoms with E-state index in [1.165, 1.54) is 18.2 Å². The zero-order valence-corrected chi connectivity index (χ0v) is 14.0. The van der Waals surface area contributed by atoms with Crippen molar-refractivity contribution in [1.82, 2.24) is 5.43 Å². The van der Waals surface area contributed by atoms with Gasteiger partial charge >= 0.3 is 0 Å². The van der Waals surface area contributed by atoms with Crippen LogP contribution in [-0.2, 0) is 11.2 Å². The average Bonchev–Trinajstić information content (AvgIpc) is 3.14. The third-order valence-corrected chi connectivity index (χ3v) is 4.21. The standard InChI is InChI=1S/C19H22N2O3/c1-3-14-4-6-15(7-5-14)23-12-19(22)21-20-11-16-8-9-18(24-16)17-10-13(17)2/h4-9,11,13,17H,3,10,12H2,1-2H3,(H,21,22)/b20-11-/t13-,17-/m1/s1. The Morgan fingerprint density at radius 1 is 1.33 bits per heavy atom. The Bertz CT molecular complexity index is 718. The molecule has 3 rings (SSSR count). The Balaban J connectivity index is 1.42. The second kappa shape index (κ2) is 7.34. The van der Waals surface area contributed by atoms with Gasteiger partial charge in [-0.1, -0.05) is 26.0 Å².